The van der Waals surface area contributed by atoms with Crippen molar-refractivity contribution in [2.75, 3.05) is 14.1 Å². The molecule has 3 heteroatoms. The topological polar surface area (TPSA) is 15.6 Å². The molecule has 0 amide bonds. The summed E-state index contributed by atoms with van der Waals surface area (Å²) < 4.78 is 0. The van der Waals surface area contributed by atoms with Crippen LogP contribution in [0.2, 0.25) is 0 Å². The molecule has 0 atom stereocenters. The number of rotatable bonds is 0. The molecular weight excluding hydrogens is 120 g/mol. The van der Waals surface area contributed by atoms with Crippen LogP contribution in [0, 0.1) is 0 Å². The van der Waals surface area contributed by atoms with Crippen LogP contribution < -0.4 is 0 Å². The Balaban J connectivity index is 3.66. The first-order chi connectivity index (χ1) is 3.68. The van der Waals surface area contributed by atoms with Crippen molar-refractivity contribution in [2.45, 2.75) is 6.92 Å². The van der Waals surface area contributed by atoms with Gasteiger partial charge in [0.25, 0.3) is 0 Å². The van der Waals surface area contributed by atoms with Gasteiger partial charge in [0.05, 0.1) is 0 Å². The summed E-state index contributed by atoms with van der Waals surface area (Å²) in [5, 5.41) is 0.618. The Kier molecular flexibility index (Phi) is 3.35. The lowest BCUT2D eigenvalue weighted by atomic mass is 10.8. The third-order valence-corrected chi connectivity index (χ3v) is 1.09. The van der Waals surface area contributed by atoms with Crippen molar-refractivity contribution in [3.63, 3.8) is 0 Å². The fraction of sp³-hybridized carbons (Fsp3) is 0.600. The molecule has 46 valence electrons. The quantitative estimate of drug-likeness (QED) is 0.358. The predicted octanol–water partition coefficient (Wildman–Crippen LogP) is 0.924. The number of hydrogen-bond donors (Lipinski definition) is 0. The predicted molar refractivity (Wildman–Crippen MR) is 40.5 cm³/mol. The second-order valence-corrected chi connectivity index (χ2v) is 1.93. The second-order valence-electron chi connectivity index (χ2n) is 1.56. The van der Waals surface area contributed by atoms with Gasteiger partial charge in [-0.15, -0.1) is 0 Å². The van der Waals surface area contributed by atoms with Crippen LogP contribution in [-0.4, -0.2) is 30.3 Å². The lowest BCUT2D eigenvalue weighted by Crippen LogP contribution is -2.16. The molecule has 0 aromatic carbocycles. The van der Waals surface area contributed by atoms with Gasteiger partial charge < -0.3 is 4.90 Å². The molecule has 0 unspecified atom stereocenters. The number of nitrogens with zero attached hydrogens (tertiary/aromatic N) is 2. The van der Waals surface area contributed by atoms with Crippen LogP contribution in [0.4, 0.5) is 0 Å². The van der Waals surface area contributed by atoms with Gasteiger partial charge in [-0.3, -0.25) is 0 Å². The van der Waals surface area contributed by atoms with Crippen molar-refractivity contribution in [1.82, 2.24) is 4.90 Å². The minimum atomic E-state index is 0.618. The lowest BCUT2D eigenvalue weighted by Gasteiger charge is -2.06. The molecule has 0 rings (SSSR count). The van der Waals surface area contributed by atoms with Crippen molar-refractivity contribution < 1.29 is 0 Å². The van der Waals surface area contributed by atoms with E-state index in [1.807, 2.05) is 21.0 Å². The average Bonchev–Trinajstić information content (AvgIpc) is 1.67. The SMILES string of the molecule is CC=NC(=S)N(C)C. The summed E-state index contributed by atoms with van der Waals surface area (Å²) in [6, 6.07) is 0. The molecule has 0 spiro atoms. The molecule has 0 heterocycles. The molecule has 0 bridgehead atoms. The molecule has 2 nitrogen and oxygen atoms in total. The third-order valence-electron chi connectivity index (χ3n) is 0.622. The number of hydrogen-bond acceptors (Lipinski definition) is 1. The van der Waals surface area contributed by atoms with Crippen molar-refractivity contribution in [3.05, 3.63) is 0 Å². The van der Waals surface area contributed by atoms with Crippen LogP contribution in [0.3, 0.4) is 0 Å². The highest BCUT2D eigenvalue weighted by Crippen LogP contribution is 1.81. The largest absolute Gasteiger partial charge is 0.354 e. The van der Waals surface area contributed by atoms with Crippen LogP contribution in [0.15, 0.2) is 4.99 Å². The summed E-state index contributed by atoms with van der Waals surface area (Å²) in [6.07, 6.45) is 1.68. The molecule has 0 saturated carbocycles. The van der Waals surface area contributed by atoms with E-state index in [4.69, 9.17) is 12.2 Å². The Labute approximate surface area is 55.2 Å². The maximum absolute atomic E-state index is 4.81. The van der Waals surface area contributed by atoms with Crippen LogP contribution >= 0.6 is 12.2 Å². The molecule has 0 aromatic rings. The highest BCUT2D eigenvalue weighted by atomic mass is 32.1. The fourth-order valence-corrected chi connectivity index (χ4v) is 0.331. The maximum atomic E-state index is 4.81. The number of aliphatic imine (C=N–C) groups is 1. The van der Waals surface area contributed by atoms with Gasteiger partial charge in [0.2, 0.25) is 0 Å². The van der Waals surface area contributed by atoms with Gasteiger partial charge in [0, 0.05) is 20.3 Å². The zero-order valence-electron chi connectivity index (χ0n) is 5.38. The molecule has 0 aromatic heterocycles. The van der Waals surface area contributed by atoms with E-state index in [0.29, 0.717) is 5.11 Å². The number of thiocarbonyl (C=S) groups is 1. The van der Waals surface area contributed by atoms with Crippen LogP contribution in [0.1, 0.15) is 6.92 Å². The Morgan fingerprint density at radius 1 is 1.62 bits per heavy atom. The highest BCUT2D eigenvalue weighted by Gasteiger charge is 1.89. The molecule has 8 heavy (non-hydrogen) atoms. The van der Waals surface area contributed by atoms with Gasteiger partial charge in [-0.25, -0.2) is 4.99 Å². The van der Waals surface area contributed by atoms with Crippen molar-refractivity contribution >= 4 is 23.5 Å². The molecule has 0 N–H and O–H groups in total. The summed E-state index contributed by atoms with van der Waals surface area (Å²) in [7, 11) is 3.74. The van der Waals surface area contributed by atoms with Gasteiger partial charge in [-0.2, -0.15) is 0 Å². The van der Waals surface area contributed by atoms with Gasteiger partial charge in [0.1, 0.15) is 0 Å². The Hall–Kier alpha value is -0.440. The third kappa shape index (κ3) is 2.69. The van der Waals surface area contributed by atoms with E-state index in [1.54, 1.807) is 11.1 Å². The van der Waals surface area contributed by atoms with Crippen molar-refractivity contribution in [3.8, 4) is 0 Å². The van der Waals surface area contributed by atoms with Crippen LogP contribution in [0.5, 0.6) is 0 Å². The van der Waals surface area contributed by atoms with Crippen molar-refractivity contribution in [2.24, 2.45) is 4.99 Å². The van der Waals surface area contributed by atoms with Crippen molar-refractivity contribution in [1.29, 1.82) is 0 Å². The van der Waals surface area contributed by atoms with Gasteiger partial charge >= 0.3 is 0 Å². The molecule has 0 fully saturated rings. The zero-order valence-corrected chi connectivity index (χ0v) is 6.20. The van der Waals surface area contributed by atoms with E-state index < -0.39 is 0 Å². The molecule has 0 radical (unpaired) electrons. The monoisotopic (exact) mass is 130 g/mol. The summed E-state index contributed by atoms with van der Waals surface area (Å²) in [5.74, 6) is 0. The Morgan fingerprint density at radius 3 is 2.25 bits per heavy atom. The molecule has 0 aliphatic rings. The smallest absolute Gasteiger partial charge is 0.194 e. The molecule has 0 aliphatic heterocycles. The van der Waals surface area contributed by atoms with E-state index in [9.17, 15) is 0 Å². The average molecular weight is 130 g/mol. The lowest BCUT2D eigenvalue weighted by molar-refractivity contribution is 0.629. The minimum absolute atomic E-state index is 0.618. The standard InChI is InChI=1S/C5H10N2S/c1-4-6-5(8)7(2)3/h4H,1-3H3. The first-order valence-corrected chi connectivity index (χ1v) is 2.79. The highest BCUT2D eigenvalue weighted by molar-refractivity contribution is 7.80. The van der Waals surface area contributed by atoms with E-state index in [0.717, 1.165) is 0 Å². The van der Waals surface area contributed by atoms with E-state index in [-0.39, 0.29) is 0 Å². The summed E-state index contributed by atoms with van der Waals surface area (Å²) in [5.41, 5.74) is 0. The molecule has 0 saturated heterocycles. The maximum Gasteiger partial charge on any atom is 0.194 e. The van der Waals surface area contributed by atoms with E-state index >= 15 is 0 Å². The second kappa shape index (κ2) is 3.55. The van der Waals surface area contributed by atoms with E-state index in [1.165, 1.54) is 0 Å². The van der Waals surface area contributed by atoms with E-state index in [2.05, 4.69) is 4.99 Å². The van der Waals surface area contributed by atoms with Crippen LogP contribution in [0.25, 0.3) is 0 Å². The van der Waals surface area contributed by atoms with Gasteiger partial charge in [0.15, 0.2) is 5.11 Å². The van der Waals surface area contributed by atoms with Crippen LogP contribution in [-0.2, 0) is 0 Å². The Bertz CT molecular complexity index is 107. The van der Waals surface area contributed by atoms with Gasteiger partial charge in [-0.1, -0.05) is 0 Å². The minimum Gasteiger partial charge on any atom is -0.354 e. The summed E-state index contributed by atoms with van der Waals surface area (Å²) in [4.78, 5) is 5.64. The Morgan fingerprint density at radius 2 is 2.12 bits per heavy atom. The fourth-order valence-electron chi connectivity index (χ4n) is 0.226. The van der Waals surface area contributed by atoms with Gasteiger partial charge in [-0.05, 0) is 19.1 Å². The normalized spacial score (nSPS) is 9.88. The first kappa shape index (κ1) is 7.56. The first-order valence-electron chi connectivity index (χ1n) is 2.38. The molecule has 0 aliphatic carbocycles. The molecular formula is C5H10N2S. The zero-order chi connectivity index (χ0) is 6.57. The summed E-state index contributed by atoms with van der Waals surface area (Å²) >= 11 is 4.81. The summed E-state index contributed by atoms with van der Waals surface area (Å²) in [6.45, 7) is 1.84.